The summed E-state index contributed by atoms with van der Waals surface area (Å²) in [6.07, 6.45) is 0.742. The van der Waals surface area contributed by atoms with Crippen LogP contribution in [0.1, 0.15) is 33.4 Å². The van der Waals surface area contributed by atoms with Crippen LogP contribution in [0, 0.1) is 34.6 Å². The van der Waals surface area contributed by atoms with Crippen molar-refractivity contribution in [3.63, 3.8) is 0 Å². The summed E-state index contributed by atoms with van der Waals surface area (Å²) in [7, 11) is -2.30. The molecule has 0 fully saturated rings. The van der Waals surface area contributed by atoms with Gasteiger partial charge in [-0.2, -0.15) is 0 Å². The van der Waals surface area contributed by atoms with Crippen LogP contribution in [0.15, 0.2) is 23.1 Å². The van der Waals surface area contributed by atoms with E-state index in [1.165, 1.54) is 7.11 Å². The van der Waals surface area contributed by atoms with Crippen LogP contribution in [0.4, 0.5) is 11.4 Å². The topological polar surface area (TPSA) is 75.7 Å². The summed E-state index contributed by atoms with van der Waals surface area (Å²) in [5, 5.41) is 0. The smallest absolute Gasteiger partial charge is 0.262 e. The molecule has 2 aromatic carbocycles. The van der Waals surface area contributed by atoms with Gasteiger partial charge in [-0.05, 0) is 86.6 Å². The van der Waals surface area contributed by atoms with Crippen molar-refractivity contribution in [1.29, 1.82) is 0 Å². The Hall–Kier alpha value is -2.38. The first-order chi connectivity index (χ1) is 13.6. The molecule has 2 aromatic rings. The van der Waals surface area contributed by atoms with E-state index in [4.69, 9.17) is 4.74 Å². The number of amides is 1. The van der Waals surface area contributed by atoms with Crippen molar-refractivity contribution >= 4 is 27.3 Å². The standard InChI is InChI=1S/C22H28N2O4S/c1-13-14(2)16(4)22(17(5)15(13)3)29(26,27)23-19-8-7-18-9-10-24(20(18)11-19)21(25)12-28-6/h7-8,11,23H,9-10,12H2,1-6H3. The Bertz CT molecular complexity index is 1060. The van der Waals surface area contributed by atoms with Gasteiger partial charge in [0.1, 0.15) is 6.61 Å². The first kappa shape index (κ1) is 21.3. The Morgan fingerprint density at radius 2 is 1.62 bits per heavy atom. The van der Waals surface area contributed by atoms with E-state index in [1.807, 2.05) is 40.7 Å². The quantitative estimate of drug-likeness (QED) is 0.809. The second kappa shape index (κ2) is 7.80. The van der Waals surface area contributed by atoms with E-state index in [9.17, 15) is 13.2 Å². The molecule has 6 nitrogen and oxygen atoms in total. The summed E-state index contributed by atoms with van der Waals surface area (Å²) < 4.78 is 34.2. The van der Waals surface area contributed by atoms with Crippen molar-refractivity contribution in [3.05, 3.63) is 51.6 Å². The summed E-state index contributed by atoms with van der Waals surface area (Å²) >= 11 is 0. The molecule has 0 aliphatic carbocycles. The van der Waals surface area contributed by atoms with Gasteiger partial charge in [0.2, 0.25) is 0 Å². The fourth-order valence-corrected chi connectivity index (χ4v) is 5.63. The lowest BCUT2D eigenvalue weighted by Gasteiger charge is -2.20. The van der Waals surface area contributed by atoms with Gasteiger partial charge < -0.3 is 9.64 Å². The molecule has 1 aliphatic heterocycles. The monoisotopic (exact) mass is 416 g/mol. The van der Waals surface area contributed by atoms with Crippen molar-refractivity contribution in [1.82, 2.24) is 0 Å². The average Bonchev–Trinajstić information content (AvgIpc) is 3.08. The van der Waals surface area contributed by atoms with Gasteiger partial charge in [-0.1, -0.05) is 6.07 Å². The number of nitrogens with zero attached hydrogens (tertiary/aromatic N) is 1. The van der Waals surface area contributed by atoms with Crippen LogP contribution >= 0.6 is 0 Å². The fraction of sp³-hybridized carbons (Fsp3) is 0.409. The molecule has 0 aromatic heterocycles. The molecule has 0 atom stereocenters. The maximum atomic E-state index is 13.3. The van der Waals surface area contributed by atoms with Crippen LogP contribution in [-0.2, 0) is 26.0 Å². The Morgan fingerprint density at radius 1 is 1.03 bits per heavy atom. The molecular formula is C22H28N2O4S. The molecule has 0 saturated carbocycles. The zero-order valence-electron chi connectivity index (χ0n) is 17.8. The molecule has 7 heteroatoms. The largest absolute Gasteiger partial charge is 0.375 e. The third-order valence-corrected chi connectivity index (χ3v) is 7.66. The number of sulfonamides is 1. The minimum Gasteiger partial charge on any atom is -0.375 e. The molecule has 156 valence electrons. The Balaban J connectivity index is 2.00. The van der Waals surface area contributed by atoms with Crippen molar-refractivity contribution in [2.24, 2.45) is 0 Å². The molecule has 0 unspecified atom stereocenters. The number of anilines is 2. The van der Waals surface area contributed by atoms with Gasteiger partial charge in [0.25, 0.3) is 15.9 Å². The zero-order chi connectivity index (χ0) is 21.5. The summed E-state index contributed by atoms with van der Waals surface area (Å²) in [6.45, 7) is 10.2. The molecule has 1 N–H and O–H groups in total. The highest BCUT2D eigenvalue weighted by Gasteiger charge is 2.27. The Labute approximate surface area is 172 Å². The number of fused-ring (bicyclic) bond motifs is 1. The molecule has 1 heterocycles. The highest BCUT2D eigenvalue weighted by atomic mass is 32.2. The third-order valence-electron chi connectivity index (χ3n) is 6.00. The van der Waals surface area contributed by atoms with Gasteiger partial charge in [-0.3, -0.25) is 9.52 Å². The van der Waals surface area contributed by atoms with Gasteiger partial charge in [-0.25, -0.2) is 8.42 Å². The molecule has 0 radical (unpaired) electrons. The van der Waals surface area contributed by atoms with Gasteiger partial charge >= 0.3 is 0 Å². The van der Waals surface area contributed by atoms with Crippen LogP contribution in [0.2, 0.25) is 0 Å². The Morgan fingerprint density at radius 3 is 2.21 bits per heavy atom. The lowest BCUT2D eigenvalue weighted by atomic mass is 9.95. The molecule has 0 spiro atoms. The number of rotatable bonds is 5. The van der Waals surface area contributed by atoms with Crippen LogP contribution < -0.4 is 9.62 Å². The van der Waals surface area contributed by atoms with Crippen molar-refractivity contribution < 1.29 is 17.9 Å². The van der Waals surface area contributed by atoms with Crippen LogP contribution in [0.25, 0.3) is 0 Å². The summed E-state index contributed by atoms with van der Waals surface area (Å²) in [5.74, 6) is -0.136. The lowest BCUT2D eigenvalue weighted by molar-refractivity contribution is -0.122. The van der Waals surface area contributed by atoms with E-state index in [1.54, 1.807) is 17.0 Å². The number of benzene rings is 2. The van der Waals surface area contributed by atoms with Crippen LogP contribution in [0.5, 0.6) is 0 Å². The van der Waals surface area contributed by atoms with E-state index in [0.717, 1.165) is 45.5 Å². The van der Waals surface area contributed by atoms with Gasteiger partial charge in [-0.15, -0.1) is 0 Å². The van der Waals surface area contributed by atoms with Crippen molar-refractivity contribution in [2.45, 2.75) is 45.9 Å². The number of carbonyl (C=O) groups excluding carboxylic acids is 1. The van der Waals surface area contributed by atoms with E-state index < -0.39 is 10.0 Å². The summed E-state index contributed by atoms with van der Waals surface area (Å²) in [5.41, 5.74) is 6.80. The van der Waals surface area contributed by atoms with Gasteiger partial charge in [0.15, 0.2) is 0 Å². The van der Waals surface area contributed by atoms with Crippen molar-refractivity contribution in [2.75, 3.05) is 29.9 Å². The molecule has 3 rings (SSSR count). The molecule has 1 amide bonds. The molecule has 0 saturated heterocycles. The SMILES string of the molecule is COCC(=O)N1CCc2ccc(NS(=O)(=O)c3c(C)c(C)c(C)c(C)c3C)cc21. The second-order valence-electron chi connectivity index (χ2n) is 7.63. The van der Waals surface area contributed by atoms with Crippen LogP contribution in [0.3, 0.4) is 0 Å². The van der Waals surface area contributed by atoms with E-state index in [-0.39, 0.29) is 12.5 Å². The normalized spacial score (nSPS) is 13.5. The predicted octanol–water partition coefficient (Wildman–Crippen LogP) is 3.57. The predicted molar refractivity (Wildman–Crippen MR) is 115 cm³/mol. The molecule has 29 heavy (non-hydrogen) atoms. The van der Waals surface area contributed by atoms with E-state index in [2.05, 4.69) is 4.72 Å². The van der Waals surface area contributed by atoms with Crippen LogP contribution in [-0.4, -0.2) is 34.6 Å². The maximum absolute atomic E-state index is 13.3. The number of methoxy groups -OCH3 is 1. The second-order valence-corrected chi connectivity index (χ2v) is 9.25. The summed E-state index contributed by atoms with van der Waals surface area (Å²) in [4.78, 5) is 14.3. The average molecular weight is 417 g/mol. The van der Waals surface area contributed by atoms with E-state index >= 15 is 0 Å². The van der Waals surface area contributed by atoms with Gasteiger partial charge in [0, 0.05) is 19.3 Å². The minimum absolute atomic E-state index is 0.00426. The highest BCUT2D eigenvalue weighted by Crippen LogP contribution is 2.34. The third kappa shape index (κ3) is 3.76. The summed E-state index contributed by atoms with van der Waals surface area (Å²) in [6, 6.07) is 5.35. The zero-order valence-corrected chi connectivity index (χ0v) is 18.7. The molecule has 0 bridgehead atoms. The maximum Gasteiger partial charge on any atom is 0.262 e. The number of hydrogen-bond donors (Lipinski definition) is 1. The highest BCUT2D eigenvalue weighted by molar-refractivity contribution is 7.92. The number of carbonyl (C=O) groups is 1. The lowest BCUT2D eigenvalue weighted by Crippen LogP contribution is -2.32. The Kier molecular flexibility index (Phi) is 5.74. The fourth-order valence-electron chi connectivity index (χ4n) is 3.98. The number of ether oxygens (including phenoxy) is 1. The minimum atomic E-state index is -3.78. The first-order valence-corrected chi connectivity index (χ1v) is 11.1. The van der Waals surface area contributed by atoms with Gasteiger partial charge in [0.05, 0.1) is 10.6 Å². The van der Waals surface area contributed by atoms with Crippen molar-refractivity contribution in [3.8, 4) is 0 Å². The first-order valence-electron chi connectivity index (χ1n) is 9.60. The molecule has 1 aliphatic rings. The van der Waals surface area contributed by atoms with E-state index in [0.29, 0.717) is 17.1 Å². The number of hydrogen-bond acceptors (Lipinski definition) is 4. The molecular weight excluding hydrogens is 388 g/mol. The number of nitrogens with one attached hydrogen (secondary N) is 1.